The van der Waals surface area contributed by atoms with Gasteiger partial charge in [-0.25, -0.2) is 0 Å². The maximum absolute atomic E-state index is 5.13. The van der Waals surface area contributed by atoms with E-state index in [4.69, 9.17) is 4.74 Å². The lowest BCUT2D eigenvalue weighted by Crippen LogP contribution is -1.79. The van der Waals surface area contributed by atoms with Gasteiger partial charge in [0.1, 0.15) is 6.10 Å². The molecule has 1 atom stereocenters. The Kier molecular flexibility index (Phi) is 2.58. The van der Waals surface area contributed by atoms with Crippen LogP contribution in [0.4, 0.5) is 0 Å². The third-order valence-corrected chi connectivity index (χ3v) is 1.78. The van der Waals surface area contributed by atoms with Crippen molar-refractivity contribution < 1.29 is 4.74 Å². The summed E-state index contributed by atoms with van der Waals surface area (Å²) >= 11 is 0. The Labute approximate surface area is 73.8 Å². The summed E-state index contributed by atoms with van der Waals surface area (Å²) in [7, 11) is 0. The van der Waals surface area contributed by atoms with Gasteiger partial charge >= 0.3 is 0 Å². The van der Waals surface area contributed by atoms with Gasteiger partial charge in [0.2, 0.25) is 0 Å². The molecule has 0 unspecified atom stereocenters. The maximum Gasteiger partial charge on any atom is 0.106 e. The number of rotatable bonds is 1. The largest absolute Gasteiger partial charge is 0.368 e. The van der Waals surface area contributed by atoms with E-state index in [2.05, 4.69) is 31.2 Å². The highest BCUT2D eigenvalue weighted by molar-refractivity contribution is 7.59. The normalized spacial score (nSPS) is 20.6. The van der Waals surface area contributed by atoms with Crippen molar-refractivity contribution in [2.24, 2.45) is 0 Å². The standard InChI is InChI=1S/C9H10O.H2S/c1-7-2-4-8(5-3-7)9-6-10-9;/h2-5,9H,6H2,1H3;1H2/t9-;/m1./s1. The Hall–Kier alpha value is -0.470. The van der Waals surface area contributed by atoms with Gasteiger partial charge in [-0.05, 0) is 12.5 Å². The van der Waals surface area contributed by atoms with Crippen molar-refractivity contribution >= 4 is 13.5 Å². The van der Waals surface area contributed by atoms with E-state index in [1.165, 1.54) is 11.1 Å². The van der Waals surface area contributed by atoms with Crippen molar-refractivity contribution in [3.8, 4) is 0 Å². The summed E-state index contributed by atoms with van der Waals surface area (Å²) in [6.45, 7) is 3.00. The number of benzene rings is 1. The number of ether oxygens (including phenoxy) is 1. The minimum atomic E-state index is 0. The van der Waals surface area contributed by atoms with Crippen molar-refractivity contribution in [3.63, 3.8) is 0 Å². The average Bonchev–Trinajstić information content (AvgIpc) is 2.71. The lowest BCUT2D eigenvalue weighted by atomic mass is 10.1. The lowest BCUT2D eigenvalue weighted by Gasteiger charge is -1.94. The molecule has 2 heteroatoms. The molecule has 1 nitrogen and oxygen atoms in total. The smallest absolute Gasteiger partial charge is 0.106 e. The molecule has 1 aliphatic heterocycles. The molecular weight excluding hydrogens is 156 g/mol. The van der Waals surface area contributed by atoms with Crippen LogP contribution in [0.3, 0.4) is 0 Å². The SMILES string of the molecule is Cc1ccc([C@H]2CO2)cc1.S. The van der Waals surface area contributed by atoms with Crippen molar-refractivity contribution in [1.29, 1.82) is 0 Å². The molecule has 1 aliphatic rings. The van der Waals surface area contributed by atoms with Crippen LogP contribution in [0, 0.1) is 6.92 Å². The minimum Gasteiger partial charge on any atom is -0.368 e. The van der Waals surface area contributed by atoms with Crippen LogP contribution in [0.2, 0.25) is 0 Å². The second-order valence-corrected chi connectivity index (χ2v) is 2.73. The van der Waals surface area contributed by atoms with Gasteiger partial charge in [-0.2, -0.15) is 13.5 Å². The predicted molar refractivity (Wildman–Crippen MR) is 50.3 cm³/mol. The molecule has 60 valence electrons. The lowest BCUT2D eigenvalue weighted by molar-refractivity contribution is 0.415. The molecule has 0 bridgehead atoms. The van der Waals surface area contributed by atoms with Crippen LogP contribution >= 0.6 is 13.5 Å². The van der Waals surface area contributed by atoms with E-state index in [-0.39, 0.29) is 13.5 Å². The molecule has 2 rings (SSSR count). The summed E-state index contributed by atoms with van der Waals surface area (Å²) in [4.78, 5) is 0. The first kappa shape index (κ1) is 8.62. The highest BCUT2D eigenvalue weighted by Gasteiger charge is 2.23. The fourth-order valence-electron chi connectivity index (χ4n) is 1.02. The summed E-state index contributed by atoms with van der Waals surface area (Å²) in [5.41, 5.74) is 2.62. The van der Waals surface area contributed by atoms with Gasteiger partial charge in [0.05, 0.1) is 6.61 Å². The van der Waals surface area contributed by atoms with Crippen LogP contribution in [-0.2, 0) is 4.74 Å². The fourth-order valence-corrected chi connectivity index (χ4v) is 1.02. The molecule has 0 amide bonds. The predicted octanol–water partition coefficient (Wildman–Crippen LogP) is 2.18. The summed E-state index contributed by atoms with van der Waals surface area (Å²) in [6, 6.07) is 8.51. The average molecular weight is 168 g/mol. The van der Waals surface area contributed by atoms with Gasteiger partial charge in [-0.3, -0.25) is 0 Å². The van der Waals surface area contributed by atoms with Crippen LogP contribution in [-0.4, -0.2) is 6.61 Å². The van der Waals surface area contributed by atoms with Crippen molar-refractivity contribution in [2.75, 3.05) is 6.61 Å². The van der Waals surface area contributed by atoms with Crippen molar-refractivity contribution in [3.05, 3.63) is 35.4 Å². The molecule has 0 N–H and O–H groups in total. The van der Waals surface area contributed by atoms with E-state index in [0.29, 0.717) is 6.10 Å². The van der Waals surface area contributed by atoms with Crippen molar-refractivity contribution in [2.45, 2.75) is 13.0 Å². The second-order valence-electron chi connectivity index (χ2n) is 2.73. The van der Waals surface area contributed by atoms with E-state index >= 15 is 0 Å². The molecule has 1 aromatic carbocycles. The Morgan fingerprint density at radius 3 is 2.27 bits per heavy atom. The number of hydrogen-bond acceptors (Lipinski definition) is 1. The third kappa shape index (κ3) is 1.98. The van der Waals surface area contributed by atoms with Gasteiger partial charge in [0.25, 0.3) is 0 Å². The summed E-state index contributed by atoms with van der Waals surface area (Å²) in [6.07, 6.45) is 0.403. The van der Waals surface area contributed by atoms with Gasteiger partial charge in [-0.1, -0.05) is 29.8 Å². The number of hydrogen-bond donors (Lipinski definition) is 0. The van der Waals surface area contributed by atoms with Crippen LogP contribution in [0.1, 0.15) is 17.2 Å². The summed E-state index contributed by atoms with van der Waals surface area (Å²) < 4.78 is 5.13. The van der Waals surface area contributed by atoms with Crippen LogP contribution < -0.4 is 0 Å². The molecule has 1 fully saturated rings. The quantitative estimate of drug-likeness (QED) is 0.585. The molecule has 1 saturated heterocycles. The highest BCUT2D eigenvalue weighted by Crippen LogP contribution is 2.29. The zero-order chi connectivity index (χ0) is 6.97. The molecule has 0 saturated carbocycles. The molecule has 0 radical (unpaired) electrons. The van der Waals surface area contributed by atoms with E-state index in [0.717, 1.165) is 6.61 Å². The minimum absolute atomic E-state index is 0. The molecule has 0 aromatic heterocycles. The van der Waals surface area contributed by atoms with E-state index in [1.54, 1.807) is 0 Å². The summed E-state index contributed by atoms with van der Waals surface area (Å²) in [5, 5.41) is 0. The molecule has 1 heterocycles. The van der Waals surface area contributed by atoms with Crippen LogP contribution in [0.25, 0.3) is 0 Å². The Morgan fingerprint density at radius 1 is 1.27 bits per heavy atom. The Balaban J connectivity index is 0.000000605. The topological polar surface area (TPSA) is 12.5 Å². The first-order valence-corrected chi connectivity index (χ1v) is 3.54. The van der Waals surface area contributed by atoms with E-state index in [1.807, 2.05) is 0 Å². The molecule has 0 aliphatic carbocycles. The molecule has 0 spiro atoms. The maximum atomic E-state index is 5.13. The summed E-state index contributed by atoms with van der Waals surface area (Å²) in [5.74, 6) is 0. The van der Waals surface area contributed by atoms with Gasteiger partial charge in [0.15, 0.2) is 0 Å². The first-order chi connectivity index (χ1) is 4.86. The second kappa shape index (κ2) is 3.28. The van der Waals surface area contributed by atoms with Gasteiger partial charge in [-0.15, -0.1) is 0 Å². The Bertz CT molecular complexity index is 226. The number of aryl methyl sites for hydroxylation is 1. The van der Waals surface area contributed by atoms with Crippen LogP contribution in [0.5, 0.6) is 0 Å². The van der Waals surface area contributed by atoms with Gasteiger partial charge < -0.3 is 4.74 Å². The van der Waals surface area contributed by atoms with Crippen molar-refractivity contribution in [1.82, 2.24) is 0 Å². The zero-order valence-corrected chi connectivity index (χ0v) is 7.50. The first-order valence-electron chi connectivity index (χ1n) is 3.54. The highest BCUT2D eigenvalue weighted by atomic mass is 32.1. The van der Waals surface area contributed by atoms with Gasteiger partial charge in [0, 0.05) is 0 Å². The monoisotopic (exact) mass is 168 g/mol. The molecular formula is C9H12OS. The van der Waals surface area contributed by atoms with E-state index in [9.17, 15) is 0 Å². The molecule has 1 aromatic rings. The van der Waals surface area contributed by atoms with Crippen LogP contribution in [0.15, 0.2) is 24.3 Å². The number of epoxide rings is 1. The zero-order valence-electron chi connectivity index (χ0n) is 6.50. The fraction of sp³-hybridized carbons (Fsp3) is 0.333. The third-order valence-electron chi connectivity index (χ3n) is 1.78. The molecule has 11 heavy (non-hydrogen) atoms. The Morgan fingerprint density at radius 2 is 1.82 bits per heavy atom. The van der Waals surface area contributed by atoms with E-state index < -0.39 is 0 Å².